The standard InChI is InChI=1S/C22H24IN5O2S/c1-4-28-20(15(3)24-21(30)18-8-6-5-7-14(18)2)26-27-22(28)31-13-19(29)25-17-11-9-16(23)10-12-17/h5-12,15H,4,13H2,1-3H3,(H,24,30)(H,25,29)/t15-/m1/s1. The molecule has 1 heterocycles. The van der Waals surface area contributed by atoms with E-state index in [0.29, 0.717) is 23.1 Å². The molecule has 2 aromatic carbocycles. The van der Waals surface area contributed by atoms with Gasteiger partial charge in [0.2, 0.25) is 5.91 Å². The number of hydrogen-bond donors (Lipinski definition) is 2. The van der Waals surface area contributed by atoms with Gasteiger partial charge in [0.15, 0.2) is 11.0 Å². The summed E-state index contributed by atoms with van der Waals surface area (Å²) in [6.45, 7) is 6.40. The van der Waals surface area contributed by atoms with E-state index in [0.717, 1.165) is 14.8 Å². The third-order valence-corrected chi connectivity index (χ3v) is 6.33. The maximum Gasteiger partial charge on any atom is 0.252 e. The van der Waals surface area contributed by atoms with Crippen molar-refractivity contribution in [2.24, 2.45) is 0 Å². The van der Waals surface area contributed by atoms with Crippen LogP contribution < -0.4 is 10.6 Å². The van der Waals surface area contributed by atoms with Gasteiger partial charge in [-0.1, -0.05) is 30.0 Å². The molecular formula is C22H24IN5O2S. The Morgan fingerprint density at radius 3 is 2.52 bits per heavy atom. The molecular weight excluding hydrogens is 525 g/mol. The molecule has 3 rings (SSSR count). The number of carbonyl (C=O) groups excluding carboxylic acids is 2. The molecule has 1 atom stereocenters. The Bertz CT molecular complexity index is 1070. The van der Waals surface area contributed by atoms with Crippen LogP contribution in [0.4, 0.5) is 5.69 Å². The number of carbonyl (C=O) groups is 2. The van der Waals surface area contributed by atoms with Crippen molar-refractivity contribution in [1.29, 1.82) is 0 Å². The average molecular weight is 549 g/mol. The van der Waals surface area contributed by atoms with Gasteiger partial charge in [-0.05, 0) is 79.3 Å². The maximum atomic E-state index is 12.6. The molecule has 0 unspecified atom stereocenters. The van der Waals surface area contributed by atoms with Crippen molar-refractivity contribution < 1.29 is 9.59 Å². The van der Waals surface area contributed by atoms with Crippen LogP contribution in [0.25, 0.3) is 0 Å². The van der Waals surface area contributed by atoms with E-state index in [4.69, 9.17) is 0 Å². The van der Waals surface area contributed by atoms with Gasteiger partial charge in [0.25, 0.3) is 5.91 Å². The fourth-order valence-corrected chi connectivity index (χ4v) is 4.22. The molecule has 0 bridgehead atoms. The number of nitrogens with zero attached hydrogens (tertiary/aromatic N) is 3. The van der Waals surface area contributed by atoms with Crippen LogP contribution in [0.5, 0.6) is 0 Å². The second kappa shape index (κ2) is 10.8. The smallest absolute Gasteiger partial charge is 0.252 e. The lowest BCUT2D eigenvalue weighted by Crippen LogP contribution is -2.29. The molecule has 0 spiro atoms. The first-order chi connectivity index (χ1) is 14.9. The fourth-order valence-electron chi connectivity index (χ4n) is 3.05. The van der Waals surface area contributed by atoms with Crippen molar-refractivity contribution in [3.05, 3.63) is 69.1 Å². The van der Waals surface area contributed by atoms with Gasteiger partial charge in [0.05, 0.1) is 11.8 Å². The van der Waals surface area contributed by atoms with Gasteiger partial charge >= 0.3 is 0 Å². The number of aromatic nitrogens is 3. The molecule has 9 heteroatoms. The Hall–Kier alpha value is -2.40. The molecule has 0 radical (unpaired) electrons. The fraction of sp³-hybridized carbons (Fsp3) is 0.273. The first-order valence-electron chi connectivity index (χ1n) is 9.86. The second-order valence-electron chi connectivity index (χ2n) is 6.94. The minimum absolute atomic E-state index is 0.112. The molecule has 2 N–H and O–H groups in total. The number of amides is 2. The van der Waals surface area contributed by atoms with E-state index in [9.17, 15) is 9.59 Å². The zero-order chi connectivity index (χ0) is 22.4. The zero-order valence-electron chi connectivity index (χ0n) is 17.6. The molecule has 31 heavy (non-hydrogen) atoms. The van der Waals surface area contributed by atoms with Gasteiger partial charge in [0.1, 0.15) is 0 Å². The van der Waals surface area contributed by atoms with E-state index in [2.05, 4.69) is 43.4 Å². The number of thioether (sulfide) groups is 1. The molecule has 7 nitrogen and oxygen atoms in total. The van der Waals surface area contributed by atoms with E-state index < -0.39 is 0 Å². The summed E-state index contributed by atoms with van der Waals surface area (Å²) in [5, 5.41) is 15.0. The van der Waals surface area contributed by atoms with E-state index in [1.54, 1.807) is 6.07 Å². The quantitative estimate of drug-likeness (QED) is 0.321. The Kier molecular flexibility index (Phi) is 8.08. The first kappa shape index (κ1) is 23.3. The van der Waals surface area contributed by atoms with Crippen LogP contribution in [0.1, 0.15) is 41.6 Å². The number of aryl methyl sites for hydroxylation is 1. The Labute approximate surface area is 199 Å². The highest BCUT2D eigenvalue weighted by Crippen LogP contribution is 2.21. The third-order valence-electron chi connectivity index (χ3n) is 4.65. The Morgan fingerprint density at radius 2 is 1.84 bits per heavy atom. The highest BCUT2D eigenvalue weighted by Gasteiger charge is 2.20. The van der Waals surface area contributed by atoms with Crippen molar-refractivity contribution in [3.63, 3.8) is 0 Å². The molecule has 0 saturated carbocycles. The number of nitrogens with one attached hydrogen (secondary N) is 2. The van der Waals surface area contributed by atoms with E-state index >= 15 is 0 Å². The summed E-state index contributed by atoms with van der Waals surface area (Å²) >= 11 is 3.54. The topological polar surface area (TPSA) is 88.9 Å². The molecule has 1 aromatic heterocycles. The van der Waals surface area contributed by atoms with Crippen LogP contribution >= 0.6 is 34.4 Å². The SMILES string of the molecule is CCn1c(SCC(=O)Nc2ccc(I)cc2)nnc1[C@@H](C)NC(=O)c1ccccc1C. The molecule has 2 amide bonds. The number of benzene rings is 2. The highest BCUT2D eigenvalue weighted by atomic mass is 127. The summed E-state index contributed by atoms with van der Waals surface area (Å²) in [5.41, 5.74) is 2.31. The van der Waals surface area contributed by atoms with Crippen molar-refractivity contribution in [2.75, 3.05) is 11.1 Å². The van der Waals surface area contributed by atoms with Crippen molar-refractivity contribution in [1.82, 2.24) is 20.1 Å². The summed E-state index contributed by atoms with van der Waals surface area (Å²) < 4.78 is 3.03. The van der Waals surface area contributed by atoms with E-state index in [1.807, 2.05) is 67.8 Å². The predicted octanol–water partition coefficient (Wildman–Crippen LogP) is 4.43. The number of anilines is 1. The molecule has 0 saturated heterocycles. The molecule has 0 aliphatic heterocycles. The van der Waals surface area contributed by atoms with Gasteiger partial charge in [0, 0.05) is 21.4 Å². The van der Waals surface area contributed by atoms with Gasteiger partial charge in [-0.2, -0.15) is 0 Å². The Balaban J connectivity index is 1.63. The highest BCUT2D eigenvalue weighted by molar-refractivity contribution is 14.1. The molecule has 0 aliphatic rings. The van der Waals surface area contributed by atoms with Crippen molar-refractivity contribution in [2.45, 2.75) is 38.5 Å². The summed E-state index contributed by atoms with van der Waals surface area (Å²) in [4.78, 5) is 24.9. The largest absolute Gasteiger partial charge is 0.342 e. The minimum atomic E-state index is -0.325. The van der Waals surface area contributed by atoms with Crippen LogP contribution in [0.15, 0.2) is 53.7 Å². The van der Waals surface area contributed by atoms with Gasteiger partial charge < -0.3 is 15.2 Å². The minimum Gasteiger partial charge on any atom is -0.342 e. The zero-order valence-corrected chi connectivity index (χ0v) is 20.5. The van der Waals surface area contributed by atoms with Crippen molar-refractivity contribution in [3.8, 4) is 0 Å². The third kappa shape index (κ3) is 6.07. The lowest BCUT2D eigenvalue weighted by molar-refractivity contribution is -0.113. The number of halogens is 1. The molecule has 162 valence electrons. The summed E-state index contributed by atoms with van der Waals surface area (Å²) in [5.74, 6) is 0.611. The monoisotopic (exact) mass is 549 g/mol. The van der Waals surface area contributed by atoms with E-state index in [1.165, 1.54) is 11.8 Å². The predicted molar refractivity (Wildman–Crippen MR) is 131 cm³/mol. The van der Waals surface area contributed by atoms with Gasteiger partial charge in [-0.3, -0.25) is 9.59 Å². The van der Waals surface area contributed by atoms with Crippen LogP contribution in [-0.4, -0.2) is 32.3 Å². The van der Waals surface area contributed by atoms with E-state index in [-0.39, 0.29) is 23.6 Å². The summed E-state index contributed by atoms with van der Waals surface area (Å²) in [6, 6.07) is 14.8. The first-order valence-corrected chi connectivity index (χ1v) is 11.9. The Morgan fingerprint density at radius 1 is 1.13 bits per heavy atom. The lowest BCUT2D eigenvalue weighted by Gasteiger charge is -2.16. The normalized spacial score (nSPS) is 11.7. The maximum absolute atomic E-state index is 12.6. The number of hydrogen-bond acceptors (Lipinski definition) is 5. The van der Waals surface area contributed by atoms with Crippen LogP contribution in [0, 0.1) is 10.5 Å². The molecule has 3 aromatic rings. The van der Waals surface area contributed by atoms with Crippen LogP contribution in [0.2, 0.25) is 0 Å². The van der Waals surface area contributed by atoms with Crippen molar-refractivity contribution >= 4 is 51.9 Å². The molecule has 0 fully saturated rings. The molecule has 0 aliphatic carbocycles. The van der Waals surface area contributed by atoms with Crippen LogP contribution in [0.3, 0.4) is 0 Å². The summed E-state index contributed by atoms with van der Waals surface area (Å²) in [7, 11) is 0. The van der Waals surface area contributed by atoms with Gasteiger partial charge in [-0.25, -0.2) is 0 Å². The van der Waals surface area contributed by atoms with Gasteiger partial charge in [-0.15, -0.1) is 10.2 Å². The summed E-state index contributed by atoms with van der Waals surface area (Å²) in [6.07, 6.45) is 0. The average Bonchev–Trinajstić information content (AvgIpc) is 3.17. The second-order valence-corrected chi connectivity index (χ2v) is 9.13. The van der Waals surface area contributed by atoms with Crippen LogP contribution in [-0.2, 0) is 11.3 Å². The number of rotatable bonds is 8. The lowest BCUT2D eigenvalue weighted by atomic mass is 10.1.